The number of nitrogens with zero attached hydrogens (tertiary/aromatic N) is 1. The minimum absolute atomic E-state index is 0.405. The van der Waals surface area contributed by atoms with Crippen molar-refractivity contribution in [2.24, 2.45) is 16.8 Å². The van der Waals surface area contributed by atoms with Crippen LogP contribution in [-0.4, -0.2) is 11.2 Å². The first kappa shape index (κ1) is 17.7. The van der Waals surface area contributed by atoms with Crippen LogP contribution in [0.25, 0.3) is 18.2 Å². The molecule has 0 fully saturated rings. The van der Waals surface area contributed by atoms with Crippen molar-refractivity contribution in [2.75, 3.05) is 0 Å². The summed E-state index contributed by atoms with van der Waals surface area (Å²) in [6, 6.07) is 0. The lowest BCUT2D eigenvalue weighted by Crippen LogP contribution is -2.19. The van der Waals surface area contributed by atoms with Crippen molar-refractivity contribution in [2.45, 2.75) is 13.3 Å². The second-order valence-electron chi connectivity index (χ2n) is 7.85. The molecule has 5 rings (SSSR count). The van der Waals surface area contributed by atoms with Gasteiger partial charge < -0.3 is 4.98 Å². The monoisotopic (exact) mass is 376 g/mol. The van der Waals surface area contributed by atoms with Crippen LogP contribution in [0.5, 0.6) is 0 Å². The Morgan fingerprint density at radius 3 is 2.86 bits per heavy atom. The first-order valence-electron chi connectivity index (χ1n) is 10.2. The number of H-pyrrole nitrogens is 1. The topological polar surface area (TPSA) is 28.1 Å². The molecule has 29 heavy (non-hydrogen) atoms. The predicted octanol–water partition coefficient (Wildman–Crippen LogP) is 6.60. The molecule has 1 aromatic heterocycles. The Labute approximate surface area is 172 Å². The van der Waals surface area contributed by atoms with Gasteiger partial charge in [0.05, 0.1) is 5.70 Å². The number of hydrogen-bond acceptors (Lipinski definition) is 1. The lowest BCUT2D eigenvalue weighted by atomic mass is 9.74. The van der Waals surface area contributed by atoms with Gasteiger partial charge in [-0.1, -0.05) is 68.2 Å². The quantitative estimate of drug-likeness (QED) is 0.616. The summed E-state index contributed by atoms with van der Waals surface area (Å²) in [4.78, 5) is 8.22. The summed E-state index contributed by atoms with van der Waals surface area (Å²) in [6.45, 7) is 6.30. The van der Waals surface area contributed by atoms with Gasteiger partial charge in [0.15, 0.2) is 0 Å². The van der Waals surface area contributed by atoms with Crippen LogP contribution in [-0.2, 0) is 0 Å². The van der Waals surface area contributed by atoms with E-state index in [2.05, 4.69) is 85.3 Å². The molecule has 1 N–H and O–H groups in total. The highest BCUT2D eigenvalue weighted by Crippen LogP contribution is 2.43. The van der Waals surface area contributed by atoms with Crippen molar-refractivity contribution in [1.29, 1.82) is 0 Å². The minimum Gasteiger partial charge on any atom is -0.361 e. The van der Waals surface area contributed by atoms with E-state index in [4.69, 9.17) is 4.99 Å². The van der Waals surface area contributed by atoms with Crippen LogP contribution in [0, 0.1) is 11.8 Å². The van der Waals surface area contributed by atoms with Crippen LogP contribution in [0.4, 0.5) is 0 Å². The molecular weight excluding hydrogens is 352 g/mol. The summed E-state index contributed by atoms with van der Waals surface area (Å²) >= 11 is 0. The largest absolute Gasteiger partial charge is 0.361 e. The van der Waals surface area contributed by atoms with Crippen LogP contribution in [0.15, 0.2) is 100 Å². The van der Waals surface area contributed by atoms with E-state index in [1.807, 2.05) is 18.5 Å². The number of hydrogen-bond donors (Lipinski definition) is 1. The molecule has 2 heterocycles. The zero-order chi connectivity index (χ0) is 19.8. The second-order valence-corrected chi connectivity index (χ2v) is 7.85. The lowest BCUT2D eigenvalue weighted by molar-refractivity contribution is 0.555. The number of rotatable bonds is 3. The Morgan fingerprint density at radius 1 is 1.14 bits per heavy atom. The van der Waals surface area contributed by atoms with E-state index >= 15 is 0 Å². The van der Waals surface area contributed by atoms with E-state index in [1.165, 1.54) is 27.9 Å². The highest BCUT2D eigenvalue weighted by atomic mass is 14.8. The number of aromatic nitrogens is 1. The van der Waals surface area contributed by atoms with Gasteiger partial charge in [0, 0.05) is 29.6 Å². The molecule has 0 aromatic carbocycles. The number of aromatic amines is 1. The maximum Gasteiger partial charge on any atom is 0.0692 e. The minimum atomic E-state index is 0.405. The first-order chi connectivity index (χ1) is 14.2. The summed E-state index contributed by atoms with van der Waals surface area (Å²) in [5, 5.41) is 0. The molecule has 142 valence electrons. The third-order valence-corrected chi connectivity index (χ3v) is 6.08. The van der Waals surface area contributed by atoms with Crippen LogP contribution in [0.1, 0.15) is 30.2 Å². The van der Waals surface area contributed by atoms with Crippen molar-refractivity contribution in [1.82, 2.24) is 4.98 Å². The highest BCUT2D eigenvalue weighted by molar-refractivity contribution is 5.93. The summed E-state index contributed by atoms with van der Waals surface area (Å²) in [5.74, 6) is 0.832. The third kappa shape index (κ3) is 3.11. The highest BCUT2D eigenvalue weighted by Gasteiger charge is 2.32. The maximum absolute atomic E-state index is 4.78. The lowest BCUT2D eigenvalue weighted by Gasteiger charge is -2.30. The molecule has 1 aliphatic heterocycles. The molecule has 4 aliphatic rings. The van der Waals surface area contributed by atoms with E-state index in [0.717, 1.165) is 23.4 Å². The molecule has 2 unspecified atom stereocenters. The molecule has 2 heteroatoms. The number of aliphatic imine (C=N–C) groups is 1. The fourth-order valence-corrected chi connectivity index (χ4v) is 4.56. The Bertz CT molecular complexity index is 1150. The van der Waals surface area contributed by atoms with E-state index in [0.29, 0.717) is 11.8 Å². The van der Waals surface area contributed by atoms with Crippen molar-refractivity contribution in [3.8, 4) is 0 Å². The second kappa shape index (κ2) is 7.21. The molecule has 0 radical (unpaired) electrons. The smallest absolute Gasteiger partial charge is 0.0692 e. The molecule has 0 amide bonds. The summed E-state index contributed by atoms with van der Waals surface area (Å²) in [7, 11) is 0. The number of allylic oxidation sites excluding steroid dienone is 13. The average molecular weight is 377 g/mol. The van der Waals surface area contributed by atoms with Gasteiger partial charge in [-0.25, -0.2) is 0 Å². The van der Waals surface area contributed by atoms with Crippen LogP contribution < -0.4 is 0 Å². The van der Waals surface area contributed by atoms with Gasteiger partial charge in [-0.15, -0.1) is 0 Å². The van der Waals surface area contributed by atoms with Crippen molar-refractivity contribution < 1.29 is 0 Å². The standard InChI is InChI=1S/C27H24N2/c1-3-20-16-28-25(24(20)13-19-9-5-4-6-10-19)15-26-27-18(2)23-12-8-7-11-21(23)14-22(27)17-29-26/h3-9,11-18,23,28H,1,10H2,2H3/b19-13-,26-15?. The third-order valence-electron chi connectivity index (χ3n) is 6.08. The normalized spacial score (nSPS) is 27.0. The molecule has 0 spiro atoms. The van der Waals surface area contributed by atoms with Crippen LogP contribution in [0.3, 0.4) is 0 Å². The molecule has 3 aliphatic carbocycles. The molecule has 0 bridgehead atoms. The van der Waals surface area contributed by atoms with Crippen molar-refractivity contribution in [3.63, 3.8) is 0 Å². The summed E-state index contributed by atoms with van der Waals surface area (Å²) in [5.41, 5.74) is 9.68. The zero-order valence-corrected chi connectivity index (χ0v) is 16.6. The number of nitrogens with one attached hydrogen (secondary N) is 1. The SMILES string of the molecule is C=Cc1c[nH]c(C=C2N=CC3=C2C(C)C2C=CC=CC2=C3)c1/C=C1/C=CC=CC1. The fourth-order valence-electron chi connectivity index (χ4n) is 4.56. The molecule has 2 nitrogen and oxygen atoms in total. The fraction of sp³-hybridized carbons (Fsp3) is 0.148. The first-order valence-corrected chi connectivity index (χ1v) is 10.2. The number of fused-ring (bicyclic) bond motifs is 1. The predicted molar refractivity (Wildman–Crippen MR) is 124 cm³/mol. The molecule has 2 atom stereocenters. The van der Waals surface area contributed by atoms with Gasteiger partial charge in [-0.3, -0.25) is 4.99 Å². The molecular formula is C27H24N2. The van der Waals surface area contributed by atoms with Gasteiger partial charge in [-0.05, 0) is 58.4 Å². The Kier molecular flexibility index (Phi) is 4.40. The van der Waals surface area contributed by atoms with E-state index in [9.17, 15) is 0 Å². The zero-order valence-electron chi connectivity index (χ0n) is 16.6. The average Bonchev–Trinajstić information content (AvgIpc) is 3.33. The van der Waals surface area contributed by atoms with E-state index < -0.39 is 0 Å². The van der Waals surface area contributed by atoms with Gasteiger partial charge >= 0.3 is 0 Å². The molecule has 0 saturated carbocycles. The van der Waals surface area contributed by atoms with Crippen molar-refractivity contribution in [3.05, 3.63) is 112 Å². The Morgan fingerprint density at radius 2 is 2.03 bits per heavy atom. The van der Waals surface area contributed by atoms with Gasteiger partial charge in [0.25, 0.3) is 0 Å². The van der Waals surface area contributed by atoms with Gasteiger partial charge in [-0.2, -0.15) is 0 Å². The van der Waals surface area contributed by atoms with Crippen LogP contribution >= 0.6 is 0 Å². The van der Waals surface area contributed by atoms with E-state index in [1.54, 1.807) is 0 Å². The van der Waals surface area contributed by atoms with Gasteiger partial charge in [0.2, 0.25) is 0 Å². The summed E-state index contributed by atoms with van der Waals surface area (Å²) in [6.07, 6.45) is 31.0. The Balaban J connectivity index is 1.56. The molecule has 1 aromatic rings. The van der Waals surface area contributed by atoms with Gasteiger partial charge in [0.1, 0.15) is 0 Å². The van der Waals surface area contributed by atoms with Crippen LogP contribution in [0.2, 0.25) is 0 Å². The molecule has 0 saturated heterocycles. The van der Waals surface area contributed by atoms with E-state index in [-0.39, 0.29) is 0 Å². The summed E-state index contributed by atoms with van der Waals surface area (Å²) < 4.78 is 0. The Hall–Kier alpha value is -3.39. The van der Waals surface area contributed by atoms with Crippen molar-refractivity contribution >= 4 is 24.4 Å². The maximum atomic E-state index is 4.78.